The van der Waals surface area contributed by atoms with Crippen LogP contribution in [-0.4, -0.2) is 28.8 Å². The molecule has 0 bridgehead atoms. The maximum atomic E-state index is 13.3. The molecular formula is C19H22N2O2S. The minimum absolute atomic E-state index is 0.00750. The van der Waals surface area contributed by atoms with Gasteiger partial charge in [-0.3, -0.25) is 9.59 Å². The molecule has 0 radical (unpaired) electrons. The predicted octanol–water partition coefficient (Wildman–Crippen LogP) is 3.47. The van der Waals surface area contributed by atoms with Gasteiger partial charge in [0, 0.05) is 10.7 Å². The second-order valence-electron chi connectivity index (χ2n) is 7.03. The lowest BCUT2D eigenvalue weighted by Gasteiger charge is -2.33. The van der Waals surface area contributed by atoms with Crippen molar-refractivity contribution in [2.75, 3.05) is 0 Å². The SMILES string of the molecule is Cc1c(C(=O)N2C(C(N)=O)CC3CCCCC32)sc2ccccc12. The number of benzene rings is 1. The molecule has 0 spiro atoms. The highest BCUT2D eigenvalue weighted by Gasteiger charge is 2.47. The molecule has 1 aliphatic heterocycles. The van der Waals surface area contributed by atoms with E-state index in [-0.39, 0.29) is 17.9 Å². The molecule has 4 nitrogen and oxygen atoms in total. The number of rotatable bonds is 2. The fourth-order valence-electron chi connectivity index (χ4n) is 4.50. The molecular weight excluding hydrogens is 320 g/mol. The average molecular weight is 342 g/mol. The van der Waals surface area contributed by atoms with Gasteiger partial charge in [-0.05, 0) is 49.1 Å². The molecule has 5 heteroatoms. The fraction of sp³-hybridized carbons (Fsp3) is 0.474. The third kappa shape index (κ3) is 2.34. The average Bonchev–Trinajstić information content (AvgIpc) is 3.13. The lowest BCUT2D eigenvalue weighted by molar-refractivity contribution is -0.122. The number of carbonyl (C=O) groups excluding carboxylic acids is 2. The van der Waals surface area contributed by atoms with Crippen LogP contribution in [0, 0.1) is 12.8 Å². The summed E-state index contributed by atoms with van der Waals surface area (Å²) in [6, 6.07) is 7.81. The molecule has 24 heavy (non-hydrogen) atoms. The summed E-state index contributed by atoms with van der Waals surface area (Å²) in [4.78, 5) is 27.9. The highest BCUT2D eigenvalue weighted by Crippen LogP contribution is 2.42. The van der Waals surface area contributed by atoms with Crippen molar-refractivity contribution in [3.05, 3.63) is 34.7 Å². The number of carbonyl (C=O) groups is 2. The lowest BCUT2D eigenvalue weighted by Crippen LogP contribution is -2.48. The van der Waals surface area contributed by atoms with E-state index in [0.717, 1.165) is 46.2 Å². The minimum Gasteiger partial charge on any atom is -0.368 e. The number of fused-ring (bicyclic) bond motifs is 2. The molecule has 2 aliphatic rings. The Balaban J connectivity index is 1.75. The number of amides is 2. The van der Waals surface area contributed by atoms with Crippen molar-refractivity contribution in [3.8, 4) is 0 Å². The van der Waals surface area contributed by atoms with Crippen LogP contribution in [0.5, 0.6) is 0 Å². The van der Waals surface area contributed by atoms with Crippen LogP contribution < -0.4 is 5.73 Å². The highest BCUT2D eigenvalue weighted by atomic mass is 32.1. The summed E-state index contributed by atoms with van der Waals surface area (Å²) in [5.41, 5.74) is 6.66. The number of thiophene rings is 1. The molecule has 2 fully saturated rings. The Morgan fingerprint density at radius 2 is 1.96 bits per heavy atom. The molecule has 2 heterocycles. The Bertz CT molecular complexity index is 813. The van der Waals surface area contributed by atoms with E-state index in [2.05, 4.69) is 6.07 Å². The molecule has 1 saturated heterocycles. The van der Waals surface area contributed by atoms with Crippen molar-refractivity contribution in [2.45, 2.75) is 51.1 Å². The molecule has 2 N–H and O–H groups in total. The Morgan fingerprint density at radius 3 is 2.71 bits per heavy atom. The molecule has 3 unspecified atom stereocenters. The first-order valence-corrected chi connectivity index (χ1v) is 9.49. The van der Waals surface area contributed by atoms with E-state index in [9.17, 15) is 9.59 Å². The molecule has 2 amide bonds. The molecule has 4 rings (SSSR count). The van der Waals surface area contributed by atoms with E-state index < -0.39 is 6.04 Å². The highest BCUT2D eigenvalue weighted by molar-refractivity contribution is 7.21. The second kappa shape index (κ2) is 5.88. The van der Waals surface area contributed by atoms with E-state index in [1.807, 2.05) is 30.0 Å². The Kier molecular flexibility index (Phi) is 3.83. The minimum atomic E-state index is -0.449. The number of hydrogen-bond acceptors (Lipinski definition) is 3. The van der Waals surface area contributed by atoms with Gasteiger partial charge < -0.3 is 10.6 Å². The first-order valence-electron chi connectivity index (χ1n) is 8.68. The summed E-state index contributed by atoms with van der Waals surface area (Å²) < 4.78 is 1.12. The number of nitrogens with two attached hydrogens (primary N) is 1. The fourth-order valence-corrected chi connectivity index (χ4v) is 5.66. The molecule has 1 saturated carbocycles. The van der Waals surface area contributed by atoms with Gasteiger partial charge in [0.1, 0.15) is 6.04 Å². The van der Waals surface area contributed by atoms with Crippen LogP contribution in [0.1, 0.15) is 47.3 Å². The molecule has 1 aliphatic carbocycles. The number of aryl methyl sites for hydroxylation is 1. The predicted molar refractivity (Wildman–Crippen MR) is 96.1 cm³/mol. The van der Waals surface area contributed by atoms with Gasteiger partial charge in [0.2, 0.25) is 5.91 Å². The topological polar surface area (TPSA) is 63.4 Å². The number of likely N-dealkylation sites (tertiary alicyclic amines) is 1. The van der Waals surface area contributed by atoms with Crippen molar-refractivity contribution < 1.29 is 9.59 Å². The second-order valence-corrected chi connectivity index (χ2v) is 8.08. The van der Waals surface area contributed by atoms with Gasteiger partial charge in [-0.15, -0.1) is 11.3 Å². The zero-order valence-corrected chi connectivity index (χ0v) is 14.6. The maximum Gasteiger partial charge on any atom is 0.265 e. The van der Waals surface area contributed by atoms with Crippen LogP contribution in [0.3, 0.4) is 0 Å². The largest absolute Gasteiger partial charge is 0.368 e. The van der Waals surface area contributed by atoms with Gasteiger partial charge >= 0.3 is 0 Å². The number of hydrogen-bond donors (Lipinski definition) is 1. The summed E-state index contributed by atoms with van der Waals surface area (Å²) >= 11 is 1.53. The zero-order valence-electron chi connectivity index (χ0n) is 13.8. The van der Waals surface area contributed by atoms with Gasteiger partial charge in [-0.25, -0.2) is 0 Å². The van der Waals surface area contributed by atoms with E-state index in [1.165, 1.54) is 17.8 Å². The summed E-state index contributed by atoms with van der Waals surface area (Å²) in [6.07, 6.45) is 5.14. The Morgan fingerprint density at radius 1 is 1.21 bits per heavy atom. The van der Waals surface area contributed by atoms with Crippen molar-refractivity contribution >= 4 is 33.2 Å². The van der Waals surface area contributed by atoms with Crippen LogP contribution in [0.25, 0.3) is 10.1 Å². The van der Waals surface area contributed by atoms with Gasteiger partial charge in [-0.1, -0.05) is 31.0 Å². The van der Waals surface area contributed by atoms with Crippen molar-refractivity contribution in [1.82, 2.24) is 4.90 Å². The molecule has 2 aromatic rings. The Labute approximate surface area is 145 Å². The van der Waals surface area contributed by atoms with Crippen LogP contribution in [0.15, 0.2) is 24.3 Å². The van der Waals surface area contributed by atoms with E-state index in [4.69, 9.17) is 5.73 Å². The van der Waals surface area contributed by atoms with Crippen LogP contribution in [0.2, 0.25) is 0 Å². The summed E-state index contributed by atoms with van der Waals surface area (Å²) in [5.74, 6) is 0.0540. The maximum absolute atomic E-state index is 13.3. The molecule has 1 aromatic carbocycles. The molecule has 3 atom stereocenters. The summed E-state index contributed by atoms with van der Waals surface area (Å²) in [5, 5.41) is 1.13. The Hall–Kier alpha value is -1.88. The normalized spacial score (nSPS) is 26.5. The van der Waals surface area contributed by atoms with Crippen LogP contribution in [0.4, 0.5) is 0 Å². The van der Waals surface area contributed by atoms with Crippen LogP contribution >= 0.6 is 11.3 Å². The van der Waals surface area contributed by atoms with E-state index in [1.54, 1.807) is 0 Å². The zero-order chi connectivity index (χ0) is 16.8. The van der Waals surface area contributed by atoms with Gasteiger partial charge in [0.15, 0.2) is 0 Å². The van der Waals surface area contributed by atoms with Crippen molar-refractivity contribution in [3.63, 3.8) is 0 Å². The summed E-state index contributed by atoms with van der Waals surface area (Å²) in [7, 11) is 0. The van der Waals surface area contributed by atoms with E-state index >= 15 is 0 Å². The lowest BCUT2D eigenvalue weighted by atomic mass is 9.84. The van der Waals surface area contributed by atoms with Gasteiger partial charge in [0.25, 0.3) is 5.91 Å². The third-order valence-electron chi connectivity index (χ3n) is 5.69. The molecule has 1 aromatic heterocycles. The smallest absolute Gasteiger partial charge is 0.265 e. The standard InChI is InChI=1S/C19H22N2O2S/c1-11-13-7-3-5-9-16(13)24-17(11)19(23)21-14-8-4-2-6-12(14)10-15(21)18(20)22/h3,5,7,9,12,14-15H,2,4,6,8,10H2,1H3,(H2,20,22). The van der Waals surface area contributed by atoms with Crippen molar-refractivity contribution in [2.24, 2.45) is 11.7 Å². The molecule has 126 valence electrons. The number of primary amides is 1. The van der Waals surface area contributed by atoms with E-state index in [0.29, 0.717) is 5.92 Å². The summed E-state index contributed by atoms with van der Waals surface area (Å²) in [6.45, 7) is 2.00. The van der Waals surface area contributed by atoms with Crippen LogP contribution in [-0.2, 0) is 4.79 Å². The van der Waals surface area contributed by atoms with Gasteiger partial charge in [0.05, 0.1) is 4.88 Å². The quantitative estimate of drug-likeness (QED) is 0.908. The van der Waals surface area contributed by atoms with Gasteiger partial charge in [-0.2, -0.15) is 0 Å². The third-order valence-corrected chi connectivity index (χ3v) is 6.95. The monoisotopic (exact) mass is 342 g/mol. The first kappa shape index (κ1) is 15.6. The first-order chi connectivity index (χ1) is 11.6. The number of nitrogens with zero attached hydrogens (tertiary/aromatic N) is 1. The van der Waals surface area contributed by atoms with Crippen molar-refractivity contribution in [1.29, 1.82) is 0 Å².